The molecule has 0 aliphatic rings. The van der Waals surface area contributed by atoms with Crippen LogP contribution in [0.5, 0.6) is 0 Å². The summed E-state index contributed by atoms with van der Waals surface area (Å²) >= 11 is 0. The second-order valence-corrected chi connectivity index (χ2v) is 4.62. The van der Waals surface area contributed by atoms with E-state index >= 15 is 0 Å². The Morgan fingerprint density at radius 2 is 0.409 bits per heavy atom. The van der Waals surface area contributed by atoms with Crippen molar-refractivity contribution in [2.45, 2.75) is 41.5 Å². The molecule has 146 valence electrons. The Labute approximate surface area is 130 Å². The van der Waals surface area contributed by atoms with Crippen molar-refractivity contribution in [1.29, 1.82) is 0 Å². The van der Waals surface area contributed by atoms with Gasteiger partial charge in [-0.2, -0.15) is 0 Å². The molecule has 0 atom stereocenters. The van der Waals surface area contributed by atoms with Gasteiger partial charge in [0.05, 0.1) is 0 Å². The van der Waals surface area contributed by atoms with Crippen molar-refractivity contribution in [3.05, 3.63) is 0 Å². The van der Waals surface area contributed by atoms with Gasteiger partial charge in [-0.25, -0.2) is 13.7 Å². The highest BCUT2D eigenvalue weighted by molar-refractivity contribution is 7.45. The molecule has 0 saturated carbocycles. The minimum absolute atomic E-state index is 0. The van der Waals surface area contributed by atoms with Gasteiger partial charge in [-0.1, -0.05) is 41.5 Å². The zero-order valence-corrected chi connectivity index (χ0v) is 16.0. The van der Waals surface area contributed by atoms with Crippen molar-refractivity contribution in [3.8, 4) is 0 Å². The van der Waals surface area contributed by atoms with Crippen LogP contribution in [0.25, 0.3) is 0 Å². The number of rotatable bonds is 0. The fraction of sp³-hybridized carbons (Fsp3) is 1.00. The molecular formula is C6H30NO12P3. The molecule has 0 amide bonds. The molecule has 0 aromatic heterocycles. The van der Waals surface area contributed by atoms with E-state index in [0.717, 1.165) is 0 Å². The van der Waals surface area contributed by atoms with Crippen LogP contribution >= 0.6 is 23.5 Å². The van der Waals surface area contributed by atoms with Crippen molar-refractivity contribution in [2.75, 3.05) is 0 Å². The van der Waals surface area contributed by atoms with E-state index < -0.39 is 23.5 Å². The summed E-state index contributed by atoms with van der Waals surface area (Å²) in [6.07, 6.45) is 0. The minimum Gasteiger partial charge on any atom is -0.344 e. The first kappa shape index (κ1) is 43.2. The quantitative estimate of drug-likeness (QED) is 0.247. The van der Waals surface area contributed by atoms with Gasteiger partial charge in [0.25, 0.3) is 0 Å². The summed E-state index contributed by atoms with van der Waals surface area (Å²) in [6, 6.07) is 0. The molecule has 0 fully saturated rings. The lowest BCUT2D eigenvalue weighted by atomic mass is 11.0. The zero-order chi connectivity index (χ0) is 19.5. The summed E-state index contributed by atoms with van der Waals surface area (Å²) in [6.45, 7) is 12.0. The van der Waals surface area contributed by atoms with E-state index in [1.165, 1.54) is 0 Å². The van der Waals surface area contributed by atoms with Gasteiger partial charge in [0.2, 0.25) is 0 Å². The maximum atomic E-state index is 8.88. The van der Waals surface area contributed by atoms with Gasteiger partial charge in [0, 0.05) is 0 Å². The highest BCUT2D eigenvalue weighted by Gasteiger charge is 2.01. The number of hydrogen-bond donors (Lipinski definition) is 10. The van der Waals surface area contributed by atoms with Crippen LogP contribution in [0.4, 0.5) is 0 Å². The topological polar surface area (TPSA) is 268 Å². The molecule has 0 radical (unpaired) electrons. The van der Waals surface area contributed by atoms with Crippen molar-refractivity contribution in [1.82, 2.24) is 6.15 Å². The summed E-state index contributed by atoms with van der Waals surface area (Å²) in [7, 11) is -13.9. The van der Waals surface area contributed by atoms with E-state index in [2.05, 4.69) is 0 Å². The molecule has 0 unspecified atom stereocenters. The molecule has 0 spiro atoms. The summed E-state index contributed by atoms with van der Waals surface area (Å²) < 4.78 is 26.6. The first-order valence-electron chi connectivity index (χ1n) is 5.35. The van der Waals surface area contributed by atoms with Crippen LogP contribution in [0.15, 0.2) is 0 Å². The van der Waals surface area contributed by atoms with E-state index in [4.69, 9.17) is 57.7 Å². The van der Waals surface area contributed by atoms with Crippen LogP contribution in [-0.2, 0) is 13.7 Å². The summed E-state index contributed by atoms with van der Waals surface area (Å²) in [5.74, 6) is 0. The van der Waals surface area contributed by atoms with E-state index in [-0.39, 0.29) is 6.15 Å². The molecule has 0 aromatic carbocycles. The average Bonchev–Trinajstić information content (AvgIpc) is 2.18. The Morgan fingerprint density at radius 1 is 0.409 bits per heavy atom. The molecule has 12 N–H and O–H groups in total. The molecule has 0 rings (SSSR count). The van der Waals surface area contributed by atoms with Crippen LogP contribution in [0, 0.1) is 0 Å². The Morgan fingerprint density at radius 3 is 0.409 bits per heavy atom. The lowest BCUT2D eigenvalue weighted by molar-refractivity contribution is 0.272. The fourth-order valence-corrected chi connectivity index (χ4v) is 0. The SMILES string of the molecule is CC.CC.CC.N.O=P(O)(O)O.O=P(O)(O)O.O=P(O)(O)O. The first-order chi connectivity index (χ1) is 9.00. The molecule has 0 aliphatic heterocycles. The third kappa shape index (κ3) is 89800. The van der Waals surface area contributed by atoms with E-state index in [0.29, 0.717) is 0 Å². The molecule has 0 bridgehead atoms. The Hall–Kier alpha value is 0.290. The molecule has 0 heterocycles. The maximum absolute atomic E-state index is 8.88. The highest BCUT2D eigenvalue weighted by atomic mass is 31.2. The molecular weight excluding hydrogens is 371 g/mol. The van der Waals surface area contributed by atoms with E-state index in [9.17, 15) is 0 Å². The predicted octanol–water partition coefficient (Wildman–Crippen LogP) is 0.455. The van der Waals surface area contributed by atoms with Gasteiger partial charge in [-0.3, -0.25) is 0 Å². The van der Waals surface area contributed by atoms with Crippen molar-refractivity contribution in [3.63, 3.8) is 0 Å². The third-order valence-corrected chi connectivity index (χ3v) is 0. The van der Waals surface area contributed by atoms with Gasteiger partial charge in [0.1, 0.15) is 0 Å². The largest absolute Gasteiger partial charge is 0.466 e. The number of hydrogen-bond acceptors (Lipinski definition) is 4. The fourth-order valence-electron chi connectivity index (χ4n) is 0. The van der Waals surface area contributed by atoms with Gasteiger partial charge in [-0.05, 0) is 0 Å². The second-order valence-electron chi connectivity index (χ2n) is 1.54. The normalized spacial score (nSPS) is 8.86. The zero-order valence-electron chi connectivity index (χ0n) is 13.3. The van der Waals surface area contributed by atoms with Gasteiger partial charge < -0.3 is 50.2 Å². The van der Waals surface area contributed by atoms with Crippen molar-refractivity contribution < 1.29 is 57.7 Å². The molecule has 16 heteroatoms. The van der Waals surface area contributed by atoms with Crippen LogP contribution in [-0.4, -0.2) is 44.0 Å². The smallest absolute Gasteiger partial charge is 0.344 e. The third-order valence-electron chi connectivity index (χ3n) is 0. The molecule has 0 aliphatic carbocycles. The summed E-state index contributed by atoms with van der Waals surface area (Å²) in [4.78, 5) is 64.7. The first-order valence-corrected chi connectivity index (χ1v) is 10.0. The van der Waals surface area contributed by atoms with E-state index in [1.807, 2.05) is 41.5 Å². The molecule has 0 saturated heterocycles. The second kappa shape index (κ2) is 26.2. The lowest BCUT2D eigenvalue weighted by Gasteiger charge is -1.82. The van der Waals surface area contributed by atoms with Crippen LogP contribution in [0.3, 0.4) is 0 Å². The molecule has 22 heavy (non-hydrogen) atoms. The van der Waals surface area contributed by atoms with Gasteiger partial charge in [0.15, 0.2) is 0 Å². The Balaban J connectivity index is -0.0000000257. The maximum Gasteiger partial charge on any atom is 0.466 e. The lowest BCUT2D eigenvalue weighted by Crippen LogP contribution is -1.66. The Bertz CT molecular complexity index is 221. The molecule has 13 nitrogen and oxygen atoms in total. The van der Waals surface area contributed by atoms with Gasteiger partial charge in [-0.15, -0.1) is 0 Å². The van der Waals surface area contributed by atoms with Crippen LogP contribution < -0.4 is 6.15 Å². The predicted molar refractivity (Wildman–Crippen MR) is 81.9 cm³/mol. The van der Waals surface area contributed by atoms with Crippen molar-refractivity contribution >= 4 is 23.5 Å². The Kier molecular flexibility index (Phi) is 51.5. The monoisotopic (exact) mass is 401 g/mol. The average molecular weight is 401 g/mol. The number of phosphoric acid groups is 3. The summed E-state index contributed by atoms with van der Waals surface area (Å²) in [5.41, 5.74) is 0. The molecule has 0 aromatic rings. The van der Waals surface area contributed by atoms with Crippen LogP contribution in [0.1, 0.15) is 41.5 Å². The summed E-state index contributed by atoms with van der Waals surface area (Å²) in [5, 5.41) is 0. The van der Waals surface area contributed by atoms with Crippen molar-refractivity contribution in [2.24, 2.45) is 0 Å². The van der Waals surface area contributed by atoms with Gasteiger partial charge >= 0.3 is 23.5 Å². The van der Waals surface area contributed by atoms with E-state index in [1.54, 1.807) is 0 Å². The standard InChI is InChI=1S/3C2H6.H3N.3H3O4P/c3*1-2;;3*1-5(2,3)4/h3*1-2H3;1H3;3*(H3,1,2,3,4). The minimum atomic E-state index is -4.64. The van der Waals surface area contributed by atoms with Crippen LogP contribution in [0.2, 0.25) is 0 Å². The highest BCUT2D eigenvalue weighted by Crippen LogP contribution is 2.26.